The first-order valence-corrected chi connectivity index (χ1v) is 8.83. The molecule has 1 aromatic carbocycles. The second kappa shape index (κ2) is 8.29. The summed E-state index contributed by atoms with van der Waals surface area (Å²) in [4.78, 5) is 0. The molecule has 0 amide bonds. The topological polar surface area (TPSA) is 64.9 Å². The lowest BCUT2D eigenvalue weighted by molar-refractivity contribution is 0.190. The van der Waals surface area contributed by atoms with Crippen molar-refractivity contribution < 1.29 is 4.74 Å². The first kappa shape index (κ1) is 18.4. The maximum atomic E-state index is 6.00. The van der Waals surface area contributed by atoms with Crippen LogP contribution in [0.5, 0.6) is 0 Å². The zero-order valence-electron chi connectivity index (χ0n) is 15.1. The van der Waals surface area contributed by atoms with Gasteiger partial charge < -0.3 is 10.1 Å². The van der Waals surface area contributed by atoms with Gasteiger partial charge in [0, 0.05) is 24.4 Å². The quantitative estimate of drug-likeness (QED) is 0.676. The molecule has 1 N–H and O–H groups in total. The number of hydrogen-bond donors (Lipinski definition) is 1. The molecule has 1 unspecified atom stereocenters. The highest BCUT2D eigenvalue weighted by atomic mass is 35.5. The van der Waals surface area contributed by atoms with Gasteiger partial charge in [0.25, 0.3) is 0 Å². The summed E-state index contributed by atoms with van der Waals surface area (Å²) in [5, 5.41) is 17.2. The minimum atomic E-state index is 0.0565. The summed E-state index contributed by atoms with van der Waals surface area (Å²) in [5.41, 5.74) is 3.10. The molecule has 0 aliphatic carbocycles. The molecule has 0 spiro atoms. The normalized spacial score (nSPS) is 12.2. The molecule has 3 aromatic rings. The van der Waals surface area contributed by atoms with Gasteiger partial charge in [0.1, 0.15) is 5.82 Å². The molecular weight excluding hydrogens is 350 g/mol. The van der Waals surface area contributed by atoms with E-state index >= 15 is 0 Å². The molecule has 0 bridgehead atoms. The number of ether oxygens (including phenoxy) is 1. The summed E-state index contributed by atoms with van der Waals surface area (Å²) in [6.45, 7) is 4.59. The summed E-state index contributed by atoms with van der Waals surface area (Å²) < 4.78 is 7.02. The molecule has 26 heavy (non-hydrogen) atoms. The van der Waals surface area contributed by atoms with Gasteiger partial charge in [0.2, 0.25) is 0 Å². The van der Waals surface area contributed by atoms with Crippen LogP contribution in [0.3, 0.4) is 0 Å². The number of methoxy groups -OCH3 is 1. The van der Waals surface area contributed by atoms with Gasteiger partial charge in [-0.3, -0.25) is 0 Å². The van der Waals surface area contributed by atoms with Crippen molar-refractivity contribution in [3.8, 4) is 5.82 Å². The zero-order valence-corrected chi connectivity index (χ0v) is 15.9. The largest absolute Gasteiger partial charge is 0.385 e. The Kier molecular flexibility index (Phi) is 5.85. The van der Waals surface area contributed by atoms with Crippen LogP contribution in [0, 0.1) is 13.8 Å². The van der Waals surface area contributed by atoms with E-state index in [0.717, 1.165) is 23.4 Å². The maximum absolute atomic E-state index is 6.00. The number of aryl methyl sites for hydroxylation is 2. The van der Waals surface area contributed by atoms with Crippen molar-refractivity contribution >= 4 is 17.4 Å². The highest BCUT2D eigenvalue weighted by Crippen LogP contribution is 2.23. The van der Waals surface area contributed by atoms with Crippen LogP contribution < -0.4 is 5.32 Å². The molecule has 0 aliphatic heterocycles. The van der Waals surface area contributed by atoms with E-state index in [2.05, 4.69) is 20.6 Å². The average Bonchev–Trinajstić information content (AvgIpc) is 2.98. The predicted molar refractivity (Wildman–Crippen MR) is 103 cm³/mol. The zero-order chi connectivity index (χ0) is 18.5. The smallest absolute Gasteiger partial charge is 0.176 e. The molecule has 3 rings (SSSR count). The molecule has 0 saturated heterocycles. The van der Waals surface area contributed by atoms with Gasteiger partial charge in [-0.25, -0.2) is 4.68 Å². The average molecular weight is 372 g/mol. The minimum Gasteiger partial charge on any atom is -0.385 e. The Bertz CT molecular complexity index is 845. The Balaban J connectivity index is 1.78. The minimum absolute atomic E-state index is 0.0565. The van der Waals surface area contributed by atoms with E-state index in [1.54, 1.807) is 11.8 Å². The molecule has 0 radical (unpaired) electrons. The highest BCUT2D eigenvalue weighted by Gasteiger charge is 2.13. The van der Waals surface area contributed by atoms with Crippen LogP contribution in [0.25, 0.3) is 5.82 Å². The van der Waals surface area contributed by atoms with Gasteiger partial charge in [-0.2, -0.15) is 5.10 Å². The second-order valence-electron chi connectivity index (χ2n) is 6.15. The second-order valence-corrected chi connectivity index (χ2v) is 6.58. The Labute approximate surface area is 158 Å². The molecule has 2 heterocycles. The molecule has 0 fully saturated rings. The van der Waals surface area contributed by atoms with Crippen molar-refractivity contribution in [1.82, 2.24) is 20.0 Å². The first-order chi connectivity index (χ1) is 12.6. The van der Waals surface area contributed by atoms with E-state index in [1.807, 2.05) is 56.3 Å². The van der Waals surface area contributed by atoms with Gasteiger partial charge in [-0.1, -0.05) is 23.7 Å². The predicted octanol–water partition coefficient (Wildman–Crippen LogP) is 4.12. The summed E-state index contributed by atoms with van der Waals surface area (Å²) >= 11 is 6.00. The van der Waals surface area contributed by atoms with E-state index in [1.165, 1.54) is 0 Å². The van der Waals surface area contributed by atoms with Gasteiger partial charge in [-0.15, -0.1) is 10.2 Å². The Morgan fingerprint density at radius 1 is 1.12 bits per heavy atom. The fraction of sp³-hybridized carbons (Fsp3) is 0.316. The Morgan fingerprint density at radius 3 is 2.46 bits per heavy atom. The summed E-state index contributed by atoms with van der Waals surface area (Å²) in [6, 6.07) is 13.7. The Hall–Kier alpha value is -2.44. The van der Waals surface area contributed by atoms with E-state index in [0.29, 0.717) is 23.3 Å². The number of aromatic nitrogens is 4. The molecule has 6 nitrogen and oxygen atoms in total. The highest BCUT2D eigenvalue weighted by molar-refractivity contribution is 6.30. The summed E-state index contributed by atoms with van der Waals surface area (Å²) in [5.74, 6) is 1.40. The lowest BCUT2D eigenvalue weighted by Crippen LogP contribution is -2.15. The van der Waals surface area contributed by atoms with E-state index < -0.39 is 0 Å². The van der Waals surface area contributed by atoms with E-state index in [9.17, 15) is 0 Å². The molecular formula is C19H22ClN5O. The lowest BCUT2D eigenvalue weighted by Gasteiger charge is -2.19. The summed E-state index contributed by atoms with van der Waals surface area (Å²) in [7, 11) is 1.70. The number of benzene rings is 1. The van der Waals surface area contributed by atoms with Crippen molar-refractivity contribution in [3.63, 3.8) is 0 Å². The van der Waals surface area contributed by atoms with Gasteiger partial charge >= 0.3 is 0 Å². The van der Waals surface area contributed by atoms with E-state index in [-0.39, 0.29) is 6.04 Å². The van der Waals surface area contributed by atoms with Crippen LogP contribution in [0.2, 0.25) is 5.02 Å². The molecule has 0 aliphatic rings. The van der Waals surface area contributed by atoms with Gasteiger partial charge in [-0.05, 0) is 56.2 Å². The monoisotopic (exact) mass is 371 g/mol. The number of halogens is 1. The molecule has 1 atom stereocenters. The number of nitrogens with one attached hydrogen (secondary N) is 1. The maximum Gasteiger partial charge on any atom is 0.176 e. The first-order valence-electron chi connectivity index (χ1n) is 8.45. The third kappa shape index (κ3) is 4.39. The number of rotatable bonds is 7. The third-order valence-corrected chi connectivity index (χ3v) is 4.33. The fourth-order valence-corrected chi connectivity index (χ4v) is 2.93. The van der Waals surface area contributed by atoms with Crippen LogP contribution in [0.4, 0.5) is 5.82 Å². The van der Waals surface area contributed by atoms with Crippen molar-refractivity contribution in [2.75, 3.05) is 19.0 Å². The fourth-order valence-electron chi connectivity index (χ4n) is 2.81. The van der Waals surface area contributed by atoms with Crippen molar-refractivity contribution in [1.29, 1.82) is 0 Å². The molecule has 136 valence electrons. The van der Waals surface area contributed by atoms with Crippen LogP contribution in [-0.2, 0) is 4.74 Å². The lowest BCUT2D eigenvalue weighted by atomic mass is 10.0. The number of hydrogen-bond acceptors (Lipinski definition) is 5. The SMILES string of the molecule is COCCC(Nc1ccc(-n2nc(C)cc2C)nn1)c1ccc(Cl)cc1. The van der Waals surface area contributed by atoms with E-state index in [4.69, 9.17) is 16.3 Å². The van der Waals surface area contributed by atoms with Crippen LogP contribution in [0.1, 0.15) is 29.4 Å². The Morgan fingerprint density at radius 2 is 1.88 bits per heavy atom. The van der Waals surface area contributed by atoms with Crippen LogP contribution in [0.15, 0.2) is 42.5 Å². The standard InChI is InChI=1S/C19H22ClN5O/c1-13-12-14(2)25(24-13)19-9-8-18(22-23-19)21-17(10-11-26-3)15-4-6-16(20)7-5-15/h4-9,12,17H,10-11H2,1-3H3,(H,21,22). The van der Waals surface area contributed by atoms with Crippen molar-refractivity contribution in [3.05, 3.63) is 64.4 Å². The molecule has 7 heteroatoms. The molecule has 2 aromatic heterocycles. The molecule has 0 saturated carbocycles. The summed E-state index contributed by atoms with van der Waals surface area (Å²) in [6.07, 6.45) is 0.805. The number of anilines is 1. The number of nitrogens with zero attached hydrogens (tertiary/aromatic N) is 4. The van der Waals surface area contributed by atoms with Crippen LogP contribution >= 0.6 is 11.6 Å². The van der Waals surface area contributed by atoms with Crippen molar-refractivity contribution in [2.24, 2.45) is 0 Å². The van der Waals surface area contributed by atoms with Crippen LogP contribution in [-0.4, -0.2) is 33.7 Å². The third-order valence-electron chi connectivity index (χ3n) is 4.08. The van der Waals surface area contributed by atoms with Gasteiger partial charge in [0.05, 0.1) is 11.7 Å². The van der Waals surface area contributed by atoms with Crippen molar-refractivity contribution in [2.45, 2.75) is 26.3 Å². The van der Waals surface area contributed by atoms with Gasteiger partial charge in [0.15, 0.2) is 5.82 Å².